The summed E-state index contributed by atoms with van der Waals surface area (Å²) in [5, 5.41) is 1.42. The smallest absolute Gasteiger partial charge is 0.220 e. The molecule has 0 saturated carbocycles. The number of hydrogen-bond acceptors (Lipinski definition) is 5. The molecule has 0 radical (unpaired) electrons. The van der Waals surface area contributed by atoms with Crippen LogP contribution in [-0.4, -0.2) is 31.2 Å². The van der Waals surface area contributed by atoms with Crippen LogP contribution in [0.25, 0.3) is 0 Å². The standard InChI is InChI=1S/C19H14Cl4O5/c1-7-15(22)9(20)3-11-18(7)25-5-13(27-11)17(24)14-6-26-19-8(2)16(23)10(21)4-12(19)28-14/h3-4,13-14H,5-6H2,1-2H3. The predicted molar refractivity (Wildman–Crippen MR) is 107 cm³/mol. The van der Waals surface area contributed by atoms with Gasteiger partial charge in [-0.05, 0) is 13.8 Å². The third kappa shape index (κ3) is 3.24. The highest BCUT2D eigenvalue weighted by Gasteiger charge is 2.38. The highest BCUT2D eigenvalue weighted by atomic mass is 35.5. The number of carbonyl (C=O) groups excluding carboxylic acids is 1. The molecule has 2 heterocycles. The van der Waals surface area contributed by atoms with Crippen LogP contribution in [0.5, 0.6) is 23.0 Å². The molecule has 2 aromatic rings. The number of fused-ring (bicyclic) bond motifs is 2. The van der Waals surface area contributed by atoms with E-state index in [0.717, 1.165) is 0 Å². The molecular formula is C19H14Cl4O5. The number of benzene rings is 2. The van der Waals surface area contributed by atoms with Crippen LogP contribution in [0, 0.1) is 13.8 Å². The molecule has 4 rings (SSSR count). The van der Waals surface area contributed by atoms with Crippen LogP contribution in [0.3, 0.4) is 0 Å². The van der Waals surface area contributed by atoms with Crippen LogP contribution in [0.2, 0.25) is 20.1 Å². The Labute approximate surface area is 181 Å². The van der Waals surface area contributed by atoms with Crippen LogP contribution >= 0.6 is 46.4 Å². The van der Waals surface area contributed by atoms with E-state index in [1.54, 1.807) is 13.8 Å². The molecule has 5 nitrogen and oxygen atoms in total. The zero-order valence-corrected chi connectivity index (χ0v) is 17.8. The Morgan fingerprint density at radius 2 is 1.21 bits per heavy atom. The van der Waals surface area contributed by atoms with E-state index in [-0.39, 0.29) is 19.0 Å². The van der Waals surface area contributed by atoms with E-state index in [9.17, 15) is 4.79 Å². The number of rotatable bonds is 2. The number of hydrogen-bond donors (Lipinski definition) is 0. The maximum absolute atomic E-state index is 12.9. The molecule has 2 atom stereocenters. The van der Waals surface area contributed by atoms with Gasteiger partial charge in [-0.3, -0.25) is 4.79 Å². The number of ether oxygens (including phenoxy) is 4. The Hall–Kier alpha value is -1.53. The van der Waals surface area contributed by atoms with Crippen molar-refractivity contribution in [3.63, 3.8) is 0 Å². The van der Waals surface area contributed by atoms with Crippen LogP contribution in [0.4, 0.5) is 0 Å². The molecule has 2 aliphatic rings. The second-order valence-corrected chi connectivity index (χ2v) is 8.06. The first-order valence-corrected chi connectivity index (χ1v) is 9.89. The Kier molecular flexibility index (Phi) is 5.21. The summed E-state index contributed by atoms with van der Waals surface area (Å²) >= 11 is 24.5. The lowest BCUT2D eigenvalue weighted by Crippen LogP contribution is -2.48. The number of Topliss-reactive ketones (excluding diaryl/α,β-unsaturated/α-hetero) is 1. The van der Waals surface area contributed by atoms with Gasteiger partial charge in [0.2, 0.25) is 5.78 Å². The summed E-state index contributed by atoms with van der Waals surface area (Å²) < 4.78 is 23.1. The van der Waals surface area contributed by atoms with E-state index in [0.29, 0.717) is 54.2 Å². The van der Waals surface area contributed by atoms with Gasteiger partial charge >= 0.3 is 0 Å². The first kappa shape index (κ1) is 19.8. The van der Waals surface area contributed by atoms with E-state index >= 15 is 0 Å². The minimum Gasteiger partial charge on any atom is -0.485 e. The highest BCUT2D eigenvalue weighted by molar-refractivity contribution is 6.43. The van der Waals surface area contributed by atoms with Crippen molar-refractivity contribution >= 4 is 52.2 Å². The molecule has 28 heavy (non-hydrogen) atoms. The molecule has 0 amide bonds. The summed E-state index contributed by atoms with van der Waals surface area (Å²) in [7, 11) is 0. The fourth-order valence-electron chi connectivity index (χ4n) is 3.13. The monoisotopic (exact) mass is 462 g/mol. The predicted octanol–water partition coefficient (Wildman–Crippen LogP) is 5.47. The lowest BCUT2D eigenvalue weighted by atomic mass is 10.1. The quantitative estimate of drug-likeness (QED) is 0.591. The zero-order chi connectivity index (χ0) is 20.2. The third-order valence-electron chi connectivity index (χ3n) is 4.65. The summed E-state index contributed by atoms with van der Waals surface area (Å²) in [6.07, 6.45) is -1.74. The van der Waals surface area contributed by atoms with E-state index in [4.69, 9.17) is 65.4 Å². The molecule has 2 aliphatic heterocycles. The molecule has 0 aromatic heterocycles. The average molecular weight is 464 g/mol. The first-order valence-electron chi connectivity index (χ1n) is 8.37. The van der Waals surface area contributed by atoms with Crippen molar-refractivity contribution in [3.8, 4) is 23.0 Å². The molecule has 0 aliphatic carbocycles. The summed E-state index contributed by atoms with van der Waals surface area (Å²) in [5.41, 5.74) is 1.31. The second-order valence-electron chi connectivity index (χ2n) is 6.49. The second kappa shape index (κ2) is 7.38. The van der Waals surface area contributed by atoms with E-state index in [1.165, 1.54) is 12.1 Å². The molecule has 0 spiro atoms. The molecule has 0 N–H and O–H groups in total. The van der Waals surface area contributed by atoms with Crippen LogP contribution < -0.4 is 18.9 Å². The Balaban J connectivity index is 1.55. The largest absolute Gasteiger partial charge is 0.485 e. The minimum absolute atomic E-state index is 0.0255. The molecule has 0 fully saturated rings. The van der Waals surface area contributed by atoms with Gasteiger partial charge in [-0.15, -0.1) is 0 Å². The highest BCUT2D eigenvalue weighted by Crippen LogP contribution is 2.44. The third-order valence-corrected chi connectivity index (χ3v) is 6.42. The maximum Gasteiger partial charge on any atom is 0.220 e. The zero-order valence-electron chi connectivity index (χ0n) is 14.8. The fraction of sp³-hybridized carbons (Fsp3) is 0.316. The van der Waals surface area contributed by atoms with Gasteiger partial charge in [-0.25, -0.2) is 0 Å². The van der Waals surface area contributed by atoms with Gasteiger partial charge in [-0.2, -0.15) is 0 Å². The summed E-state index contributed by atoms with van der Waals surface area (Å²) in [4.78, 5) is 12.9. The summed E-state index contributed by atoms with van der Waals surface area (Å²) in [6, 6.07) is 3.06. The van der Waals surface area contributed by atoms with Gasteiger partial charge in [0.25, 0.3) is 0 Å². The van der Waals surface area contributed by atoms with Crippen molar-refractivity contribution in [3.05, 3.63) is 43.4 Å². The van der Waals surface area contributed by atoms with Crippen molar-refractivity contribution in [2.24, 2.45) is 0 Å². The van der Waals surface area contributed by atoms with Crippen LogP contribution in [-0.2, 0) is 4.79 Å². The lowest BCUT2D eigenvalue weighted by Gasteiger charge is -2.32. The van der Waals surface area contributed by atoms with Gasteiger partial charge in [-0.1, -0.05) is 46.4 Å². The average Bonchev–Trinajstić information content (AvgIpc) is 2.69. The van der Waals surface area contributed by atoms with E-state index < -0.39 is 12.2 Å². The van der Waals surface area contributed by atoms with Crippen LogP contribution in [0.15, 0.2) is 12.1 Å². The minimum atomic E-state index is -0.872. The molecule has 0 bridgehead atoms. The van der Waals surface area contributed by atoms with Crippen molar-refractivity contribution in [2.45, 2.75) is 26.1 Å². The number of ketones is 1. The Morgan fingerprint density at radius 3 is 1.61 bits per heavy atom. The topological polar surface area (TPSA) is 54.0 Å². The molecule has 9 heteroatoms. The van der Waals surface area contributed by atoms with Gasteiger partial charge in [0.05, 0.1) is 20.1 Å². The summed E-state index contributed by atoms with van der Waals surface area (Å²) in [6.45, 7) is 3.59. The first-order chi connectivity index (χ1) is 13.3. The Morgan fingerprint density at radius 1 is 0.821 bits per heavy atom. The van der Waals surface area contributed by atoms with Crippen molar-refractivity contribution < 1.29 is 23.7 Å². The maximum atomic E-state index is 12.9. The summed E-state index contributed by atoms with van der Waals surface area (Å²) in [5.74, 6) is 1.35. The molecule has 148 valence electrons. The van der Waals surface area contributed by atoms with Gasteiger partial charge < -0.3 is 18.9 Å². The molecule has 2 unspecified atom stereocenters. The fourth-order valence-corrected chi connectivity index (χ4v) is 3.89. The SMILES string of the molecule is Cc1c(Cl)c(Cl)cc2c1OCC(C(=O)C1COc3c(cc(Cl)c(Cl)c3C)O1)O2. The number of carbonyl (C=O) groups is 1. The normalized spacial score (nSPS) is 20.1. The van der Waals surface area contributed by atoms with E-state index in [1.807, 2.05) is 0 Å². The Bertz CT molecular complexity index is 914. The lowest BCUT2D eigenvalue weighted by molar-refractivity contribution is -0.137. The molecule has 0 saturated heterocycles. The van der Waals surface area contributed by atoms with Gasteiger partial charge in [0.1, 0.15) is 13.2 Å². The molecular weight excluding hydrogens is 450 g/mol. The van der Waals surface area contributed by atoms with Crippen molar-refractivity contribution in [2.75, 3.05) is 13.2 Å². The van der Waals surface area contributed by atoms with Gasteiger partial charge in [0, 0.05) is 23.3 Å². The van der Waals surface area contributed by atoms with Crippen molar-refractivity contribution in [1.29, 1.82) is 0 Å². The number of halogens is 4. The molecule has 2 aromatic carbocycles. The van der Waals surface area contributed by atoms with Crippen LogP contribution in [0.1, 0.15) is 11.1 Å². The van der Waals surface area contributed by atoms with E-state index in [2.05, 4.69) is 0 Å². The van der Waals surface area contributed by atoms with Crippen molar-refractivity contribution in [1.82, 2.24) is 0 Å². The van der Waals surface area contributed by atoms with Gasteiger partial charge in [0.15, 0.2) is 35.2 Å².